The fourth-order valence-electron chi connectivity index (χ4n) is 2.09. The minimum atomic E-state index is -0.455. The van der Waals surface area contributed by atoms with Crippen molar-refractivity contribution in [3.63, 3.8) is 0 Å². The highest BCUT2D eigenvalue weighted by atomic mass is 35.5. The molecule has 0 saturated heterocycles. The van der Waals surface area contributed by atoms with Crippen LogP contribution in [0.4, 0.5) is 11.4 Å². The molecule has 1 aromatic carbocycles. The molecule has 1 aliphatic carbocycles. The SMILES string of the molecule is CCOC1CC(Nc2cccc(Cl)c2[N+](=O)[O-])C1. The van der Waals surface area contributed by atoms with E-state index in [9.17, 15) is 10.1 Å². The van der Waals surface area contributed by atoms with Crippen LogP contribution in [0.5, 0.6) is 0 Å². The van der Waals surface area contributed by atoms with E-state index in [1.807, 2.05) is 6.92 Å². The zero-order valence-electron chi connectivity index (χ0n) is 10.1. The summed E-state index contributed by atoms with van der Waals surface area (Å²) in [5.74, 6) is 0. The lowest BCUT2D eigenvalue weighted by molar-refractivity contribution is -0.383. The first-order chi connectivity index (χ1) is 8.61. The highest BCUT2D eigenvalue weighted by molar-refractivity contribution is 6.33. The maximum atomic E-state index is 11.0. The highest BCUT2D eigenvalue weighted by Gasteiger charge is 2.31. The zero-order chi connectivity index (χ0) is 13.1. The number of benzene rings is 1. The topological polar surface area (TPSA) is 64.4 Å². The second-order valence-electron chi connectivity index (χ2n) is 4.28. The molecule has 0 atom stereocenters. The van der Waals surface area contributed by atoms with E-state index in [1.54, 1.807) is 12.1 Å². The van der Waals surface area contributed by atoms with Crippen molar-refractivity contribution in [1.29, 1.82) is 0 Å². The first-order valence-corrected chi connectivity index (χ1v) is 6.30. The molecule has 0 radical (unpaired) electrons. The molecule has 1 aromatic rings. The molecule has 0 bridgehead atoms. The van der Waals surface area contributed by atoms with Gasteiger partial charge in [0.25, 0.3) is 0 Å². The van der Waals surface area contributed by atoms with Crippen LogP contribution in [0.15, 0.2) is 18.2 Å². The molecular weight excluding hydrogens is 256 g/mol. The molecule has 0 heterocycles. The van der Waals surface area contributed by atoms with Gasteiger partial charge in [0.05, 0.1) is 11.0 Å². The Bertz CT molecular complexity index is 447. The van der Waals surface area contributed by atoms with Gasteiger partial charge in [0.15, 0.2) is 0 Å². The Morgan fingerprint density at radius 1 is 1.56 bits per heavy atom. The fourth-order valence-corrected chi connectivity index (χ4v) is 2.34. The van der Waals surface area contributed by atoms with Gasteiger partial charge in [0.1, 0.15) is 10.7 Å². The number of rotatable bonds is 5. The fraction of sp³-hybridized carbons (Fsp3) is 0.500. The number of nitro benzene ring substituents is 1. The van der Waals surface area contributed by atoms with Gasteiger partial charge in [-0.2, -0.15) is 0 Å². The monoisotopic (exact) mass is 270 g/mol. The van der Waals surface area contributed by atoms with Crippen molar-refractivity contribution in [3.8, 4) is 0 Å². The lowest BCUT2D eigenvalue weighted by atomic mass is 9.89. The van der Waals surface area contributed by atoms with Crippen molar-refractivity contribution in [2.75, 3.05) is 11.9 Å². The predicted molar refractivity (Wildman–Crippen MR) is 70.2 cm³/mol. The molecule has 0 aromatic heterocycles. The molecule has 1 aliphatic rings. The molecule has 18 heavy (non-hydrogen) atoms. The highest BCUT2D eigenvalue weighted by Crippen LogP contribution is 2.35. The number of nitro groups is 1. The van der Waals surface area contributed by atoms with E-state index in [0.29, 0.717) is 12.3 Å². The van der Waals surface area contributed by atoms with Crippen LogP contribution in [-0.4, -0.2) is 23.7 Å². The third-order valence-corrected chi connectivity index (χ3v) is 3.33. The summed E-state index contributed by atoms with van der Waals surface area (Å²) in [6.07, 6.45) is 2.01. The third kappa shape index (κ3) is 2.73. The van der Waals surface area contributed by atoms with Crippen molar-refractivity contribution in [1.82, 2.24) is 0 Å². The molecule has 0 amide bonds. The van der Waals surface area contributed by atoms with Crippen LogP contribution in [-0.2, 0) is 4.74 Å². The molecule has 2 rings (SSSR count). The number of nitrogens with zero attached hydrogens (tertiary/aromatic N) is 1. The number of anilines is 1. The van der Waals surface area contributed by atoms with Gasteiger partial charge in [-0.3, -0.25) is 10.1 Å². The van der Waals surface area contributed by atoms with E-state index in [-0.39, 0.29) is 22.9 Å². The Kier molecular flexibility index (Phi) is 4.04. The molecule has 1 fully saturated rings. The maximum absolute atomic E-state index is 11.0. The maximum Gasteiger partial charge on any atom is 0.310 e. The molecular formula is C12H15ClN2O3. The summed E-state index contributed by atoms with van der Waals surface area (Å²) in [7, 11) is 0. The van der Waals surface area contributed by atoms with E-state index in [0.717, 1.165) is 12.8 Å². The van der Waals surface area contributed by atoms with E-state index in [2.05, 4.69) is 5.32 Å². The Hall–Kier alpha value is -1.33. The van der Waals surface area contributed by atoms with Gasteiger partial charge in [0, 0.05) is 12.6 Å². The van der Waals surface area contributed by atoms with Crippen LogP contribution in [0.3, 0.4) is 0 Å². The molecule has 1 saturated carbocycles. The van der Waals surface area contributed by atoms with Gasteiger partial charge >= 0.3 is 5.69 Å². The first kappa shape index (κ1) is 13.1. The summed E-state index contributed by atoms with van der Waals surface area (Å²) in [5.41, 5.74) is 0.423. The minimum Gasteiger partial charge on any atom is -0.378 e. The molecule has 1 N–H and O–H groups in total. The number of nitrogens with one attached hydrogen (secondary N) is 1. The second-order valence-corrected chi connectivity index (χ2v) is 4.69. The molecule has 98 valence electrons. The lowest BCUT2D eigenvalue weighted by Crippen LogP contribution is -2.40. The van der Waals surface area contributed by atoms with Crippen LogP contribution in [0.25, 0.3) is 0 Å². The largest absolute Gasteiger partial charge is 0.378 e. The van der Waals surface area contributed by atoms with E-state index in [4.69, 9.17) is 16.3 Å². The summed E-state index contributed by atoms with van der Waals surface area (Å²) in [5, 5.41) is 14.3. The Balaban J connectivity index is 2.02. The minimum absolute atomic E-state index is 0.0565. The molecule has 0 aliphatic heterocycles. The van der Waals surface area contributed by atoms with E-state index in [1.165, 1.54) is 6.07 Å². The van der Waals surface area contributed by atoms with Crippen molar-refractivity contribution in [2.45, 2.75) is 31.9 Å². The zero-order valence-corrected chi connectivity index (χ0v) is 10.8. The summed E-state index contributed by atoms with van der Waals surface area (Å²) < 4.78 is 5.45. The first-order valence-electron chi connectivity index (χ1n) is 5.92. The van der Waals surface area contributed by atoms with Crippen molar-refractivity contribution >= 4 is 23.0 Å². The Labute approximate surface area is 110 Å². The Morgan fingerprint density at radius 2 is 2.28 bits per heavy atom. The third-order valence-electron chi connectivity index (χ3n) is 3.03. The van der Waals surface area contributed by atoms with Gasteiger partial charge in [-0.05, 0) is 31.9 Å². The van der Waals surface area contributed by atoms with Crippen molar-refractivity contribution < 1.29 is 9.66 Å². The summed E-state index contributed by atoms with van der Waals surface area (Å²) in [6, 6.07) is 5.13. The molecule has 6 heteroatoms. The normalized spacial score (nSPS) is 22.3. The van der Waals surface area contributed by atoms with Crippen LogP contribution in [0.2, 0.25) is 5.02 Å². The molecule has 0 unspecified atom stereocenters. The smallest absolute Gasteiger partial charge is 0.310 e. The molecule has 5 nitrogen and oxygen atoms in total. The van der Waals surface area contributed by atoms with E-state index < -0.39 is 4.92 Å². The summed E-state index contributed by atoms with van der Waals surface area (Å²) >= 11 is 5.84. The van der Waals surface area contributed by atoms with Gasteiger partial charge in [-0.15, -0.1) is 0 Å². The number of para-hydroxylation sites is 1. The van der Waals surface area contributed by atoms with Crippen LogP contribution in [0, 0.1) is 10.1 Å². The average Bonchev–Trinajstić information content (AvgIpc) is 2.25. The summed E-state index contributed by atoms with van der Waals surface area (Å²) in [6.45, 7) is 2.66. The number of halogens is 1. The van der Waals surface area contributed by atoms with Gasteiger partial charge in [-0.1, -0.05) is 17.7 Å². The van der Waals surface area contributed by atoms with Crippen molar-refractivity contribution in [2.24, 2.45) is 0 Å². The van der Waals surface area contributed by atoms with Crippen molar-refractivity contribution in [3.05, 3.63) is 33.3 Å². The van der Waals surface area contributed by atoms with Gasteiger partial charge < -0.3 is 10.1 Å². The van der Waals surface area contributed by atoms with Crippen LogP contribution < -0.4 is 5.32 Å². The lowest BCUT2D eigenvalue weighted by Gasteiger charge is -2.35. The second kappa shape index (κ2) is 5.54. The predicted octanol–water partition coefficient (Wildman–Crippen LogP) is 3.23. The Morgan fingerprint density at radius 3 is 2.89 bits per heavy atom. The number of hydrogen-bond donors (Lipinski definition) is 1. The number of ether oxygens (including phenoxy) is 1. The quantitative estimate of drug-likeness (QED) is 0.659. The van der Waals surface area contributed by atoms with Gasteiger partial charge in [0.2, 0.25) is 0 Å². The average molecular weight is 271 g/mol. The summed E-state index contributed by atoms with van der Waals surface area (Å²) in [4.78, 5) is 10.5. The van der Waals surface area contributed by atoms with Crippen LogP contribution in [0.1, 0.15) is 19.8 Å². The van der Waals surface area contributed by atoms with Crippen LogP contribution >= 0.6 is 11.6 Å². The van der Waals surface area contributed by atoms with E-state index >= 15 is 0 Å². The van der Waals surface area contributed by atoms with Gasteiger partial charge in [-0.25, -0.2) is 0 Å². The number of hydrogen-bond acceptors (Lipinski definition) is 4. The standard InChI is InChI=1S/C12H15ClN2O3/c1-2-18-9-6-8(7-9)14-11-5-3-4-10(13)12(11)15(16)17/h3-5,8-9,14H,2,6-7H2,1H3. The molecule has 0 spiro atoms.